The molecule has 0 saturated heterocycles. The van der Waals surface area contributed by atoms with Gasteiger partial charge in [0.15, 0.2) is 0 Å². The second-order valence-corrected chi connectivity index (χ2v) is 6.16. The zero-order valence-electron chi connectivity index (χ0n) is 13.4. The van der Waals surface area contributed by atoms with Crippen molar-refractivity contribution in [2.45, 2.75) is 52.1 Å². The molecule has 0 radical (unpaired) electrons. The average molecular weight is 360 g/mol. The lowest BCUT2D eigenvalue weighted by Crippen LogP contribution is -2.57. The first-order valence-electron chi connectivity index (χ1n) is 7.66. The molecule has 120 valence electrons. The van der Waals surface area contributed by atoms with Crippen molar-refractivity contribution in [3.8, 4) is 0 Å². The molecule has 0 aliphatic carbocycles. The van der Waals surface area contributed by atoms with E-state index in [-0.39, 0.29) is 17.4 Å². The number of rotatable bonds is 8. The van der Waals surface area contributed by atoms with Crippen LogP contribution in [-0.2, 0) is 0 Å². The molecule has 21 heavy (non-hydrogen) atoms. The quantitative estimate of drug-likeness (QED) is 0.544. The van der Waals surface area contributed by atoms with Gasteiger partial charge in [-0.1, -0.05) is 43.6 Å². The summed E-state index contributed by atoms with van der Waals surface area (Å²) in [6, 6.07) is 4.76. The van der Waals surface area contributed by atoms with Crippen molar-refractivity contribution >= 4 is 15.9 Å². The summed E-state index contributed by atoms with van der Waals surface area (Å²) in [6.07, 6.45) is 1.79. The third kappa shape index (κ3) is 3.65. The number of hydrazine groups is 1. The van der Waals surface area contributed by atoms with E-state index in [0.29, 0.717) is 5.56 Å². The molecule has 1 rings (SSSR count). The van der Waals surface area contributed by atoms with E-state index >= 15 is 0 Å². The fourth-order valence-electron chi connectivity index (χ4n) is 3.41. The average Bonchev–Trinajstić information content (AvgIpc) is 2.50. The summed E-state index contributed by atoms with van der Waals surface area (Å²) in [7, 11) is 0. The fraction of sp³-hybridized carbons (Fsp3) is 0.625. The molecule has 1 aromatic carbocycles. The first-order chi connectivity index (χ1) is 10.00. The lowest BCUT2D eigenvalue weighted by atomic mass is 9.79. The third-order valence-electron chi connectivity index (χ3n) is 4.59. The Balaban J connectivity index is 3.40. The molecule has 3 nitrogen and oxygen atoms in total. The highest BCUT2D eigenvalue weighted by Gasteiger charge is 2.41. The van der Waals surface area contributed by atoms with Crippen LogP contribution in [0.15, 0.2) is 22.7 Å². The topological polar surface area (TPSA) is 41.3 Å². The number of halogens is 2. The van der Waals surface area contributed by atoms with Crippen molar-refractivity contribution in [3.05, 3.63) is 34.1 Å². The number of nitrogens with two attached hydrogens (primary N) is 1. The predicted molar refractivity (Wildman–Crippen MR) is 90.4 cm³/mol. The summed E-state index contributed by atoms with van der Waals surface area (Å²) >= 11 is 3.43. The molecule has 0 bridgehead atoms. The maximum absolute atomic E-state index is 14.3. The zero-order chi connectivity index (χ0) is 16.0. The van der Waals surface area contributed by atoms with Gasteiger partial charge in [-0.3, -0.25) is 16.2 Å². The maximum Gasteiger partial charge on any atom is 0.128 e. The summed E-state index contributed by atoms with van der Waals surface area (Å²) in [6.45, 7) is 10.4. The smallest absolute Gasteiger partial charge is 0.128 e. The van der Waals surface area contributed by atoms with Gasteiger partial charge >= 0.3 is 0 Å². The van der Waals surface area contributed by atoms with E-state index in [9.17, 15) is 4.39 Å². The number of hydrogen-bond acceptors (Lipinski definition) is 3. The first-order valence-corrected chi connectivity index (χ1v) is 8.46. The second-order valence-electron chi connectivity index (χ2n) is 5.25. The Labute approximate surface area is 136 Å². The van der Waals surface area contributed by atoms with Crippen LogP contribution < -0.4 is 11.3 Å². The van der Waals surface area contributed by atoms with Crippen molar-refractivity contribution < 1.29 is 4.39 Å². The van der Waals surface area contributed by atoms with Crippen LogP contribution in [0.1, 0.15) is 52.1 Å². The molecule has 0 fully saturated rings. The minimum Gasteiger partial charge on any atom is -0.296 e. The Bertz CT molecular complexity index is 445. The minimum absolute atomic E-state index is 0.208. The maximum atomic E-state index is 14.3. The van der Waals surface area contributed by atoms with E-state index in [0.717, 1.165) is 30.4 Å². The molecule has 0 aliphatic rings. The molecule has 0 aromatic heterocycles. The lowest BCUT2D eigenvalue weighted by Gasteiger charge is -2.48. The number of nitrogens with zero attached hydrogens (tertiary/aromatic N) is 1. The largest absolute Gasteiger partial charge is 0.296 e. The van der Waals surface area contributed by atoms with E-state index in [1.54, 1.807) is 6.07 Å². The van der Waals surface area contributed by atoms with Gasteiger partial charge < -0.3 is 0 Å². The monoisotopic (exact) mass is 359 g/mol. The summed E-state index contributed by atoms with van der Waals surface area (Å²) < 4.78 is 15.2. The summed E-state index contributed by atoms with van der Waals surface area (Å²) in [5.41, 5.74) is 3.28. The number of benzene rings is 1. The van der Waals surface area contributed by atoms with Gasteiger partial charge in [-0.05, 0) is 44.1 Å². The van der Waals surface area contributed by atoms with Crippen molar-refractivity contribution in [1.29, 1.82) is 0 Å². The molecular weight excluding hydrogens is 333 g/mol. The summed E-state index contributed by atoms with van der Waals surface area (Å²) in [5.74, 6) is 5.63. The van der Waals surface area contributed by atoms with Gasteiger partial charge in [0.25, 0.3) is 0 Å². The van der Waals surface area contributed by atoms with Crippen LogP contribution in [0.3, 0.4) is 0 Å². The van der Waals surface area contributed by atoms with Gasteiger partial charge in [0.05, 0.1) is 6.04 Å². The summed E-state index contributed by atoms with van der Waals surface area (Å²) in [4.78, 5) is 2.37. The van der Waals surface area contributed by atoms with Crippen LogP contribution in [-0.4, -0.2) is 23.5 Å². The van der Waals surface area contributed by atoms with Gasteiger partial charge in [0.2, 0.25) is 0 Å². The molecule has 1 aromatic rings. The fourth-order valence-corrected chi connectivity index (χ4v) is 3.79. The van der Waals surface area contributed by atoms with Crippen LogP contribution in [0.25, 0.3) is 0 Å². The molecule has 0 aliphatic heterocycles. The first kappa shape index (κ1) is 18.6. The molecule has 0 saturated carbocycles. The summed E-state index contributed by atoms with van der Waals surface area (Å²) in [5, 5.41) is 0. The molecule has 3 N–H and O–H groups in total. The van der Waals surface area contributed by atoms with Crippen molar-refractivity contribution in [1.82, 2.24) is 10.3 Å². The van der Waals surface area contributed by atoms with Crippen LogP contribution in [0, 0.1) is 5.82 Å². The van der Waals surface area contributed by atoms with Gasteiger partial charge in [-0.25, -0.2) is 4.39 Å². The number of nitrogens with one attached hydrogen (secondary N) is 1. The molecule has 0 spiro atoms. The molecule has 1 unspecified atom stereocenters. The minimum atomic E-state index is -0.259. The Morgan fingerprint density at radius 3 is 2.24 bits per heavy atom. The number of hydrogen-bond donors (Lipinski definition) is 2. The van der Waals surface area contributed by atoms with Gasteiger partial charge in [0.1, 0.15) is 5.82 Å². The number of likely N-dealkylation sites (N-methyl/N-ethyl adjacent to an activating group) is 1. The van der Waals surface area contributed by atoms with Crippen LogP contribution in [0.4, 0.5) is 4.39 Å². The SMILES string of the molecule is CCN(CC)C(CC)(CC)C(NN)c1cc(Br)ccc1F. The normalized spacial score (nSPS) is 13.7. The Kier molecular flexibility index (Phi) is 7.27. The zero-order valence-corrected chi connectivity index (χ0v) is 15.0. The molecule has 5 heteroatoms. The van der Waals surface area contributed by atoms with Gasteiger partial charge in [0, 0.05) is 15.6 Å². The van der Waals surface area contributed by atoms with Crippen molar-refractivity contribution in [3.63, 3.8) is 0 Å². The van der Waals surface area contributed by atoms with E-state index in [1.165, 1.54) is 6.07 Å². The highest BCUT2D eigenvalue weighted by molar-refractivity contribution is 9.10. The van der Waals surface area contributed by atoms with Crippen molar-refractivity contribution in [2.75, 3.05) is 13.1 Å². The highest BCUT2D eigenvalue weighted by atomic mass is 79.9. The van der Waals surface area contributed by atoms with Crippen LogP contribution in [0.2, 0.25) is 0 Å². The molecule has 0 amide bonds. The predicted octanol–water partition coefficient (Wildman–Crippen LogP) is 3.99. The molecular formula is C16H27BrFN3. The van der Waals surface area contributed by atoms with Gasteiger partial charge in [-0.15, -0.1) is 0 Å². The standard InChI is InChI=1S/C16H27BrFN3/c1-5-16(6-2,21(7-3)8-4)15(20-19)13-11-12(17)9-10-14(13)18/h9-11,15,20H,5-8,19H2,1-4H3. The lowest BCUT2D eigenvalue weighted by molar-refractivity contribution is 0.0474. The van der Waals surface area contributed by atoms with E-state index in [1.807, 2.05) is 6.07 Å². The van der Waals surface area contributed by atoms with Crippen molar-refractivity contribution in [2.24, 2.45) is 5.84 Å². The van der Waals surface area contributed by atoms with E-state index in [4.69, 9.17) is 5.84 Å². The third-order valence-corrected chi connectivity index (χ3v) is 5.08. The Morgan fingerprint density at radius 2 is 1.81 bits per heavy atom. The van der Waals surface area contributed by atoms with E-state index < -0.39 is 0 Å². The Hall–Kier alpha value is -0.490. The Morgan fingerprint density at radius 1 is 1.24 bits per heavy atom. The molecule has 1 atom stereocenters. The van der Waals surface area contributed by atoms with E-state index in [2.05, 4.69) is 54.0 Å². The van der Waals surface area contributed by atoms with Crippen LogP contribution in [0.5, 0.6) is 0 Å². The molecule has 0 heterocycles. The second kappa shape index (κ2) is 8.22. The highest BCUT2D eigenvalue weighted by Crippen LogP contribution is 2.38. The van der Waals surface area contributed by atoms with Crippen LogP contribution >= 0.6 is 15.9 Å². The van der Waals surface area contributed by atoms with Gasteiger partial charge in [-0.2, -0.15) is 0 Å².